The number of benzene rings is 1. The maximum Gasteiger partial charge on any atom is 0.225 e. The number of carbonyl (C=O) groups is 1. The van der Waals surface area contributed by atoms with E-state index in [0.29, 0.717) is 5.69 Å². The molecule has 1 aromatic carbocycles. The lowest BCUT2D eigenvalue weighted by molar-refractivity contribution is -0.115. The fraction of sp³-hybridized carbons (Fsp3) is 0.364. The summed E-state index contributed by atoms with van der Waals surface area (Å²) in [6, 6.07) is 3.78. The van der Waals surface area contributed by atoms with Crippen molar-refractivity contribution in [2.24, 2.45) is 0 Å². The summed E-state index contributed by atoms with van der Waals surface area (Å²) < 4.78 is 35.7. The van der Waals surface area contributed by atoms with Crippen LogP contribution in [0.5, 0.6) is 0 Å². The van der Waals surface area contributed by atoms with Gasteiger partial charge in [-0.05, 0) is 18.2 Å². The predicted octanol–water partition coefficient (Wildman–Crippen LogP) is 1.17. The zero-order valence-electron chi connectivity index (χ0n) is 9.94. The number of rotatable bonds is 5. The van der Waals surface area contributed by atoms with E-state index in [1.807, 2.05) is 0 Å². The Labute approximate surface area is 105 Å². The Morgan fingerprint density at radius 3 is 2.72 bits per heavy atom. The second kappa shape index (κ2) is 5.81. The summed E-state index contributed by atoms with van der Waals surface area (Å²) in [6.07, 6.45) is -0.204. The fourth-order valence-electron chi connectivity index (χ4n) is 1.24. The second-order valence-corrected chi connectivity index (χ2v) is 6.25. The molecule has 1 amide bonds. The highest BCUT2D eigenvalue weighted by molar-refractivity contribution is 7.91. The highest BCUT2D eigenvalue weighted by atomic mass is 32.2. The molecular formula is C11H15FN2O3S. The van der Waals surface area contributed by atoms with Crippen LogP contribution >= 0.6 is 0 Å². The molecule has 0 aromatic heterocycles. The van der Waals surface area contributed by atoms with Crippen LogP contribution in [-0.2, 0) is 14.6 Å². The van der Waals surface area contributed by atoms with Gasteiger partial charge in [0, 0.05) is 17.9 Å². The third-order valence-electron chi connectivity index (χ3n) is 2.34. The highest BCUT2D eigenvalue weighted by Gasteiger charge is 2.12. The normalized spacial score (nSPS) is 11.2. The minimum absolute atomic E-state index is 0.0209. The van der Waals surface area contributed by atoms with Crippen molar-refractivity contribution in [1.82, 2.24) is 0 Å². The van der Waals surface area contributed by atoms with Crippen molar-refractivity contribution in [3.05, 3.63) is 24.0 Å². The highest BCUT2D eigenvalue weighted by Crippen LogP contribution is 2.17. The van der Waals surface area contributed by atoms with Crippen molar-refractivity contribution >= 4 is 27.1 Å². The van der Waals surface area contributed by atoms with E-state index in [0.717, 1.165) is 6.07 Å². The minimum Gasteiger partial charge on any atom is -0.399 e. The van der Waals surface area contributed by atoms with Crippen molar-refractivity contribution in [1.29, 1.82) is 0 Å². The van der Waals surface area contributed by atoms with Crippen LogP contribution in [0.25, 0.3) is 0 Å². The van der Waals surface area contributed by atoms with Gasteiger partial charge in [0.2, 0.25) is 5.91 Å². The molecule has 100 valence electrons. The Kier molecular flexibility index (Phi) is 4.66. The Morgan fingerprint density at radius 2 is 2.11 bits per heavy atom. The Hall–Kier alpha value is -1.63. The van der Waals surface area contributed by atoms with E-state index in [2.05, 4.69) is 5.32 Å². The molecule has 0 saturated heterocycles. The van der Waals surface area contributed by atoms with E-state index < -0.39 is 21.6 Å². The molecule has 0 spiro atoms. The number of anilines is 2. The van der Waals surface area contributed by atoms with Crippen molar-refractivity contribution < 1.29 is 17.6 Å². The van der Waals surface area contributed by atoms with E-state index in [9.17, 15) is 17.6 Å². The van der Waals surface area contributed by atoms with Crippen LogP contribution < -0.4 is 11.1 Å². The average molecular weight is 274 g/mol. The number of nitrogens with two attached hydrogens (primary N) is 1. The summed E-state index contributed by atoms with van der Waals surface area (Å²) >= 11 is 0. The number of hydrogen-bond donors (Lipinski definition) is 2. The number of sulfone groups is 1. The summed E-state index contributed by atoms with van der Waals surface area (Å²) in [5.41, 5.74) is 5.72. The molecule has 7 heteroatoms. The molecule has 18 heavy (non-hydrogen) atoms. The molecule has 0 aliphatic heterocycles. The molecule has 0 fully saturated rings. The van der Waals surface area contributed by atoms with Gasteiger partial charge in [-0.15, -0.1) is 0 Å². The molecule has 0 radical (unpaired) electrons. The second-order valence-electron chi connectivity index (χ2n) is 3.77. The largest absolute Gasteiger partial charge is 0.399 e. The first kappa shape index (κ1) is 14.4. The smallest absolute Gasteiger partial charge is 0.225 e. The van der Waals surface area contributed by atoms with Crippen LogP contribution in [0.15, 0.2) is 18.2 Å². The number of nitrogen functional groups attached to an aromatic ring is 1. The first-order valence-corrected chi connectivity index (χ1v) is 7.21. The minimum atomic E-state index is -3.20. The average Bonchev–Trinajstić information content (AvgIpc) is 2.31. The van der Waals surface area contributed by atoms with E-state index in [1.54, 1.807) is 0 Å². The van der Waals surface area contributed by atoms with Gasteiger partial charge in [-0.25, -0.2) is 12.8 Å². The van der Waals surface area contributed by atoms with Crippen LogP contribution in [0, 0.1) is 5.82 Å². The Balaban J connectivity index is 2.63. The zero-order chi connectivity index (χ0) is 13.8. The summed E-state index contributed by atoms with van der Waals surface area (Å²) in [4.78, 5) is 11.5. The van der Waals surface area contributed by atoms with Gasteiger partial charge in [0.15, 0.2) is 9.84 Å². The lowest BCUT2D eigenvalue weighted by atomic mass is 10.2. The summed E-state index contributed by atoms with van der Waals surface area (Å²) in [7, 11) is -3.20. The molecule has 0 bridgehead atoms. The molecule has 0 heterocycles. The van der Waals surface area contributed by atoms with Gasteiger partial charge in [-0.2, -0.15) is 0 Å². The van der Waals surface area contributed by atoms with Crippen molar-refractivity contribution in [3.63, 3.8) is 0 Å². The van der Waals surface area contributed by atoms with Gasteiger partial charge in [0.25, 0.3) is 0 Å². The number of halogens is 1. The fourth-order valence-corrected chi connectivity index (χ4v) is 2.03. The quantitative estimate of drug-likeness (QED) is 0.789. The molecule has 0 atom stereocenters. The van der Waals surface area contributed by atoms with Gasteiger partial charge < -0.3 is 11.1 Å². The van der Waals surface area contributed by atoms with Gasteiger partial charge in [0.05, 0.1) is 11.4 Å². The maximum absolute atomic E-state index is 13.3. The number of amides is 1. The van der Waals surface area contributed by atoms with Gasteiger partial charge in [-0.3, -0.25) is 4.79 Å². The molecule has 0 aliphatic carbocycles. The van der Waals surface area contributed by atoms with Gasteiger partial charge in [-0.1, -0.05) is 6.92 Å². The summed E-state index contributed by atoms with van der Waals surface area (Å²) in [5.74, 6) is -1.45. The molecule has 1 rings (SSSR count). The van der Waals surface area contributed by atoms with E-state index in [-0.39, 0.29) is 23.6 Å². The summed E-state index contributed by atoms with van der Waals surface area (Å²) in [5, 5.41) is 2.29. The molecule has 0 saturated carbocycles. The lowest BCUT2D eigenvalue weighted by Crippen LogP contribution is -2.18. The monoisotopic (exact) mass is 274 g/mol. The number of nitrogens with one attached hydrogen (secondary N) is 1. The maximum atomic E-state index is 13.3. The topological polar surface area (TPSA) is 89.3 Å². The molecule has 0 aliphatic rings. The van der Waals surface area contributed by atoms with E-state index in [4.69, 9.17) is 5.73 Å². The first-order valence-electron chi connectivity index (χ1n) is 5.39. The van der Waals surface area contributed by atoms with Crippen LogP contribution in [0.2, 0.25) is 0 Å². The standard InChI is InChI=1S/C11H15FN2O3S/c1-2-18(16,17)6-5-11(15)14-10-7-8(13)3-4-9(10)12/h3-4,7H,2,5-6,13H2,1H3,(H,14,15). The van der Waals surface area contributed by atoms with Crippen LogP contribution in [0.3, 0.4) is 0 Å². The molecular weight excluding hydrogens is 259 g/mol. The van der Waals surface area contributed by atoms with Crippen molar-refractivity contribution in [2.45, 2.75) is 13.3 Å². The SMILES string of the molecule is CCS(=O)(=O)CCC(=O)Nc1cc(N)ccc1F. The predicted molar refractivity (Wildman–Crippen MR) is 68.4 cm³/mol. The molecule has 1 aromatic rings. The van der Waals surface area contributed by atoms with Crippen molar-refractivity contribution in [2.75, 3.05) is 22.6 Å². The number of hydrogen-bond acceptors (Lipinski definition) is 4. The Morgan fingerprint density at radius 1 is 1.44 bits per heavy atom. The first-order chi connectivity index (χ1) is 8.34. The lowest BCUT2D eigenvalue weighted by Gasteiger charge is -2.07. The molecule has 5 nitrogen and oxygen atoms in total. The van der Waals surface area contributed by atoms with E-state index >= 15 is 0 Å². The van der Waals surface area contributed by atoms with Gasteiger partial charge in [0.1, 0.15) is 5.82 Å². The van der Waals surface area contributed by atoms with Crippen LogP contribution in [0.4, 0.5) is 15.8 Å². The van der Waals surface area contributed by atoms with Crippen LogP contribution in [-0.4, -0.2) is 25.8 Å². The molecule has 0 unspecified atom stereocenters. The van der Waals surface area contributed by atoms with Crippen molar-refractivity contribution in [3.8, 4) is 0 Å². The zero-order valence-corrected chi connectivity index (χ0v) is 10.8. The third kappa shape index (κ3) is 4.33. The number of carbonyl (C=O) groups excluding carboxylic acids is 1. The van der Waals surface area contributed by atoms with Gasteiger partial charge >= 0.3 is 0 Å². The van der Waals surface area contributed by atoms with E-state index in [1.165, 1.54) is 19.1 Å². The Bertz CT molecular complexity index is 543. The summed E-state index contributed by atoms with van der Waals surface area (Å²) in [6.45, 7) is 1.50. The van der Waals surface area contributed by atoms with Crippen LogP contribution in [0.1, 0.15) is 13.3 Å². The third-order valence-corrected chi connectivity index (χ3v) is 4.05. The molecule has 3 N–H and O–H groups in total.